The number of amides is 1. The first-order valence-electron chi connectivity index (χ1n) is 8.84. The zero-order valence-corrected chi connectivity index (χ0v) is 17.6. The Morgan fingerprint density at radius 1 is 1.00 bits per heavy atom. The molecule has 146 valence electrons. The first-order chi connectivity index (χ1) is 12.7. The van der Waals surface area contributed by atoms with Crippen molar-refractivity contribution < 1.29 is 13.2 Å². The third kappa shape index (κ3) is 4.82. The Kier molecular flexibility index (Phi) is 6.89. The number of rotatable bonds is 7. The minimum atomic E-state index is -3.93. The number of likely N-dealkylation sites (N-methyl/N-ethyl adjacent to an activating group) is 1. The van der Waals surface area contributed by atoms with Crippen molar-refractivity contribution in [2.75, 3.05) is 23.9 Å². The van der Waals surface area contributed by atoms with Crippen LogP contribution in [0.3, 0.4) is 0 Å². The summed E-state index contributed by atoms with van der Waals surface area (Å²) in [6, 6.07) is 11.6. The second-order valence-corrected chi connectivity index (χ2v) is 8.62. The molecule has 0 aliphatic rings. The number of hydrogen-bond donors (Lipinski definition) is 0. The SMILES string of the molecule is CCN(CC)C(=O)CN(c1cc(Cl)ccc1C)S(=O)(=O)c1ccc(C)cc1. The zero-order valence-electron chi connectivity index (χ0n) is 16.1. The fourth-order valence-electron chi connectivity index (χ4n) is 2.79. The standard InChI is InChI=1S/C20H25ClN2O3S/c1-5-22(6-2)20(24)14-23(19-13-17(21)10-9-16(19)4)27(25,26)18-11-7-15(3)8-12-18/h7-13H,5-6,14H2,1-4H3. The zero-order chi connectivity index (χ0) is 20.2. The quantitative estimate of drug-likeness (QED) is 0.695. The highest BCUT2D eigenvalue weighted by Crippen LogP contribution is 2.29. The predicted molar refractivity (Wildman–Crippen MR) is 110 cm³/mol. The van der Waals surface area contributed by atoms with Crippen LogP contribution in [0.15, 0.2) is 47.4 Å². The molecule has 2 rings (SSSR count). The number of carbonyl (C=O) groups excluding carboxylic acids is 1. The van der Waals surface area contributed by atoms with E-state index in [4.69, 9.17) is 11.6 Å². The monoisotopic (exact) mass is 408 g/mol. The number of halogens is 1. The van der Waals surface area contributed by atoms with Crippen molar-refractivity contribution in [1.82, 2.24) is 4.90 Å². The molecule has 2 aromatic rings. The molecular formula is C20H25ClN2O3S. The Morgan fingerprint density at radius 3 is 2.15 bits per heavy atom. The van der Waals surface area contributed by atoms with E-state index in [1.807, 2.05) is 20.8 Å². The first kappa shape index (κ1) is 21.3. The van der Waals surface area contributed by atoms with Gasteiger partial charge >= 0.3 is 0 Å². The molecule has 0 spiro atoms. The fraction of sp³-hybridized carbons (Fsp3) is 0.350. The minimum Gasteiger partial charge on any atom is -0.342 e. The molecule has 0 aliphatic heterocycles. The summed E-state index contributed by atoms with van der Waals surface area (Å²) in [4.78, 5) is 14.5. The van der Waals surface area contributed by atoms with Gasteiger partial charge < -0.3 is 4.90 Å². The highest BCUT2D eigenvalue weighted by Gasteiger charge is 2.29. The average Bonchev–Trinajstić information content (AvgIpc) is 2.63. The van der Waals surface area contributed by atoms with Gasteiger partial charge in [-0.05, 0) is 57.5 Å². The van der Waals surface area contributed by atoms with Crippen LogP contribution in [0, 0.1) is 13.8 Å². The van der Waals surface area contributed by atoms with Gasteiger partial charge in [0.05, 0.1) is 10.6 Å². The second kappa shape index (κ2) is 8.76. The van der Waals surface area contributed by atoms with Gasteiger partial charge in [0.2, 0.25) is 5.91 Å². The summed E-state index contributed by atoms with van der Waals surface area (Å²) in [6.45, 7) is 8.17. The molecule has 0 N–H and O–H groups in total. The lowest BCUT2D eigenvalue weighted by molar-refractivity contribution is -0.129. The molecule has 0 radical (unpaired) electrons. The van der Waals surface area contributed by atoms with Crippen LogP contribution in [0.5, 0.6) is 0 Å². The van der Waals surface area contributed by atoms with E-state index < -0.39 is 10.0 Å². The molecular weight excluding hydrogens is 384 g/mol. The van der Waals surface area contributed by atoms with Crippen molar-refractivity contribution >= 4 is 33.2 Å². The van der Waals surface area contributed by atoms with E-state index in [0.717, 1.165) is 15.4 Å². The largest absolute Gasteiger partial charge is 0.342 e. The lowest BCUT2D eigenvalue weighted by atomic mass is 10.2. The summed E-state index contributed by atoms with van der Waals surface area (Å²) in [6.07, 6.45) is 0. The minimum absolute atomic E-state index is 0.139. The maximum Gasteiger partial charge on any atom is 0.264 e. The molecule has 0 unspecified atom stereocenters. The second-order valence-electron chi connectivity index (χ2n) is 6.32. The maximum atomic E-state index is 13.4. The Bertz CT molecular complexity index is 907. The van der Waals surface area contributed by atoms with Crippen molar-refractivity contribution in [2.45, 2.75) is 32.6 Å². The van der Waals surface area contributed by atoms with Crippen LogP contribution >= 0.6 is 11.6 Å². The molecule has 0 atom stereocenters. The molecule has 0 bridgehead atoms. The summed E-state index contributed by atoms with van der Waals surface area (Å²) in [5, 5.41) is 0.412. The van der Waals surface area contributed by atoms with Crippen LogP contribution in [-0.4, -0.2) is 38.9 Å². The maximum absolute atomic E-state index is 13.4. The Labute approximate surface area is 166 Å². The van der Waals surface area contributed by atoms with Gasteiger partial charge in [0, 0.05) is 18.1 Å². The Morgan fingerprint density at radius 2 is 1.59 bits per heavy atom. The summed E-state index contributed by atoms with van der Waals surface area (Å²) < 4.78 is 27.9. The number of sulfonamides is 1. The van der Waals surface area contributed by atoms with E-state index in [1.54, 1.807) is 54.3 Å². The number of aryl methyl sites for hydroxylation is 2. The van der Waals surface area contributed by atoms with Gasteiger partial charge in [-0.15, -0.1) is 0 Å². The fourth-order valence-corrected chi connectivity index (χ4v) is 4.42. The van der Waals surface area contributed by atoms with Gasteiger partial charge in [-0.2, -0.15) is 0 Å². The third-order valence-corrected chi connectivity index (χ3v) is 6.45. The highest BCUT2D eigenvalue weighted by molar-refractivity contribution is 7.92. The molecule has 0 heterocycles. The van der Waals surface area contributed by atoms with Crippen LogP contribution in [0.4, 0.5) is 5.69 Å². The highest BCUT2D eigenvalue weighted by atomic mass is 35.5. The molecule has 2 aromatic carbocycles. The molecule has 27 heavy (non-hydrogen) atoms. The summed E-state index contributed by atoms with van der Waals surface area (Å²) in [7, 11) is -3.93. The molecule has 0 saturated carbocycles. The third-order valence-electron chi connectivity index (χ3n) is 4.44. The van der Waals surface area contributed by atoms with E-state index in [1.165, 1.54) is 0 Å². The van der Waals surface area contributed by atoms with Gasteiger partial charge in [-0.3, -0.25) is 9.10 Å². The van der Waals surface area contributed by atoms with E-state index >= 15 is 0 Å². The molecule has 7 heteroatoms. The van der Waals surface area contributed by atoms with Gasteiger partial charge in [0.1, 0.15) is 6.54 Å². The van der Waals surface area contributed by atoms with Gasteiger partial charge in [-0.1, -0.05) is 35.4 Å². The molecule has 0 fully saturated rings. The predicted octanol–water partition coefficient (Wildman–Crippen LogP) is 4.02. The number of carbonyl (C=O) groups is 1. The number of benzene rings is 2. The van der Waals surface area contributed by atoms with E-state index in [0.29, 0.717) is 23.8 Å². The van der Waals surface area contributed by atoms with Gasteiger partial charge in [0.15, 0.2) is 0 Å². The Balaban J connectivity index is 2.57. The lowest BCUT2D eigenvalue weighted by Crippen LogP contribution is -2.43. The van der Waals surface area contributed by atoms with Crippen LogP contribution < -0.4 is 4.31 Å². The number of nitrogens with zero attached hydrogens (tertiary/aromatic N) is 2. The van der Waals surface area contributed by atoms with E-state index in [-0.39, 0.29) is 17.3 Å². The molecule has 5 nitrogen and oxygen atoms in total. The Hall–Kier alpha value is -2.05. The number of anilines is 1. The van der Waals surface area contributed by atoms with Gasteiger partial charge in [-0.25, -0.2) is 8.42 Å². The normalized spacial score (nSPS) is 11.3. The topological polar surface area (TPSA) is 57.7 Å². The van der Waals surface area contributed by atoms with Crippen molar-refractivity contribution in [3.8, 4) is 0 Å². The van der Waals surface area contributed by atoms with Crippen molar-refractivity contribution in [2.24, 2.45) is 0 Å². The van der Waals surface area contributed by atoms with Crippen molar-refractivity contribution in [1.29, 1.82) is 0 Å². The van der Waals surface area contributed by atoms with E-state index in [2.05, 4.69) is 0 Å². The average molecular weight is 409 g/mol. The number of hydrogen-bond acceptors (Lipinski definition) is 3. The molecule has 0 aromatic heterocycles. The van der Waals surface area contributed by atoms with Crippen molar-refractivity contribution in [3.05, 3.63) is 58.6 Å². The first-order valence-corrected chi connectivity index (χ1v) is 10.7. The molecule has 0 aliphatic carbocycles. The van der Waals surface area contributed by atoms with Crippen LogP contribution in [-0.2, 0) is 14.8 Å². The molecule has 1 amide bonds. The summed E-state index contributed by atoms with van der Waals surface area (Å²) in [5.74, 6) is -0.255. The smallest absolute Gasteiger partial charge is 0.264 e. The van der Waals surface area contributed by atoms with Crippen LogP contribution in [0.1, 0.15) is 25.0 Å². The van der Waals surface area contributed by atoms with E-state index in [9.17, 15) is 13.2 Å². The lowest BCUT2D eigenvalue weighted by Gasteiger charge is -2.28. The van der Waals surface area contributed by atoms with Crippen LogP contribution in [0.25, 0.3) is 0 Å². The van der Waals surface area contributed by atoms with Gasteiger partial charge in [0.25, 0.3) is 10.0 Å². The molecule has 0 saturated heterocycles. The van der Waals surface area contributed by atoms with Crippen LogP contribution in [0.2, 0.25) is 5.02 Å². The summed E-state index contributed by atoms with van der Waals surface area (Å²) in [5.41, 5.74) is 2.09. The summed E-state index contributed by atoms with van der Waals surface area (Å²) >= 11 is 6.11. The van der Waals surface area contributed by atoms with Crippen molar-refractivity contribution in [3.63, 3.8) is 0 Å².